The summed E-state index contributed by atoms with van der Waals surface area (Å²) in [6.45, 7) is 3.98. The molecule has 0 fully saturated rings. The van der Waals surface area contributed by atoms with E-state index in [1.54, 1.807) is 0 Å². The molecular weight excluding hydrogens is 178 g/mol. The van der Waals surface area contributed by atoms with Crippen LogP contribution in [0.25, 0.3) is 0 Å². The monoisotopic (exact) mass is 188 g/mol. The molecule has 0 bridgehead atoms. The van der Waals surface area contributed by atoms with E-state index in [0.29, 0.717) is 5.88 Å². The minimum absolute atomic E-state index is 0.433. The molecule has 0 N–H and O–H groups in total. The normalized spacial score (nSPS) is 10.1. The first-order valence-corrected chi connectivity index (χ1v) is 4.33. The lowest BCUT2D eigenvalue weighted by Gasteiger charge is -2.07. The lowest BCUT2D eigenvalue weighted by Crippen LogP contribution is -1.90. The van der Waals surface area contributed by atoms with Crippen LogP contribution < -0.4 is 4.74 Å². The molecule has 14 heavy (non-hydrogen) atoms. The molecule has 2 rings (SSSR count). The van der Waals surface area contributed by atoms with Gasteiger partial charge >= 0.3 is 0 Å². The van der Waals surface area contributed by atoms with Gasteiger partial charge in [0.05, 0.1) is 0 Å². The zero-order valence-electron chi connectivity index (χ0n) is 8.07. The Kier molecular flexibility index (Phi) is 2.23. The molecule has 0 amide bonds. The van der Waals surface area contributed by atoms with Crippen molar-refractivity contribution in [1.29, 1.82) is 0 Å². The minimum Gasteiger partial charge on any atom is -0.437 e. The van der Waals surface area contributed by atoms with E-state index in [2.05, 4.69) is 11.4 Å². The molecule has 2 aromatic rings. The van der Waals surface area contributed by atoms with Crippen molar-refractivity contribution in [2.45, 2.75) is 13.8 Å². The van der Waals surface area contributed by atoms with Gasteiger partial charge < -0.3 is 9.15 Å². The van der Waals surface area contributed by atoms with Crippen LogP contribution in [-0.2, 0) is 0 Å². The Morgan fingerprint density at radius 1 is 1.29 bits per heavy atom. The zero-order valence-corrected chi connectivity index (χ0v) is 8.07. The fraction of sp³-hybridized carbons (Fsp3) is 0.182. The van der Waals surface area contributed by atoms with Gasteiger partial charge in [-0.2, -0.15) is 4.98 Å². The second kappa shape index (κ2) is 3.54. The summed E-state index contributed by atoms with van der Waals surface area (Å²) >= 11 is 0. The van der Waals surface area contributed by atoms with Crippen LogP contribution in [0.15, 0.2) is 28.9 Å². The fourth-order valence-electron chi connectivity index (χ4n) is 1.29. The van der Waals surface area contributed by atoms with Crippen molar-refractivity contribution in [3.05, 3.63) is 42.0 Å². The van der Waals surface area contributed by atoms with E-state index in [4.69, 9.17) is 9.15 Å². The Labute approximate surface area is 82.3 Å². The molecule has 0 aliphatic heterocycles. The van der Waals surface area contributed by atoms with Crippen LogP contribution in [0, 0.1) is 20.2 Å². The van der Waals surface area contributed by atoms with Crippen molar-refractivity contribution in [3.8, 4) is 11.6 Å². The van der Waals surface area contributed by atoms with Gasteiger partial charge in [0.25, 0.3) is 12.3 Å². The van der Waals surface area contributed by atoms with Gasteiger partial charge in [-0.3, -0.25) is 0 Å². The Morgan fingerprint density at radius 3 is 2.57 bits per heavy atom. The van der Waals surface area contributed by atoms with E-state index in [9.17, 15) is 0 Å². The molecule has 0 atom stereocenters. The number of nitrogens with zero attached hydrogens (tertiary/aromatic N) is 1. The molecule has 3 nitrogen and oxygen atoms in total. The number of hydrogen-bond acceptors (Lipinski definition) is 3. The summed E-state index contributed by atoms with van der Waals surface area (Å²) in [6.07, 6.45) is 3.76. The molecule has 0 unspecified atom stereocenters. The number of para-hydroxylation sites is 1. The molecule has 0 aliphatic rings. The quantitative estimate of drug-likeness (QED) is 0.726. The van der Waals surface area contributed by atoms with Crippen molar-refractivity contribution in [2.24, 2.45) is 0 Å². The summed E-state index contributed by atoms with van der Waals surface area (Å²) in [7, 11) is 0. The van der Waals surface area contributed by atoms with Gasteiger partial charge in [0.1, 0.15) is 5.75 Å². The SMILES string of the molecule is Cc1cccc(C)c1Oc1co[c]n1. The molecule has 1 aromatic carbocycles. The number of aromatic nitrogens is 1. The first-order valence-electron chi connectivity index (χ1n) is 4.33. The molecule has 1 radical (unpaired) electrons. The summed E-state index contributed by atoms with van der Waals surface area (Å²) in [5.74, 6) is 1.26. The van der Waals surface area contributed by atoms with E-state index in [1.807, 2.05) is 32.0 Å². The third-order valence-corrected chi connectivity index (χ3v) is 1.98. The van der Waals surface area contributed by atoms with Gasteiger partial charge in [0.2, 0.25) is 0 Å². The van der Waals surface area contributed by atoms with E-state index in [-0.39, 0.29) is 0 Å². The second-order valence-electron chi connectivity index (χ2n) is 3.10. The highest BCUT2D eigenvalue weighted by Crippen LogP contribution is 2.26. The maximum absolute atomic E-state index is 5.54. The van der Waals surface area contributed by atoms with Gasteiger partial charge in [-0.15, -0.1) is 0 Å². The van der Waals surface area contributed by atoms with Gasteiger partial charge in [-0.1, -0.05) is 18.2 Å². The largest absolute Gasteiger partial charge is 0.437 e. The van der Waals surface area contributed by atoms with Crippen LogP contribution in [0.2, 0.25) is 0 Å². The summed E-state index contributed by atoms with van der Waals surface area (Å²) < 4.78 is 10.2. The lowest BCUT2D eigenvalue weighted by molar-refractivity contribution is 0.451. The lowest BCUT2D eigenvalue weighted by atomic mass is 10.1. The first kappa shape index (κ1) is 8.81. The van der Waals surface area contributed by atoms with Crippen LogP contribution in [0.1, 0.15) is 11.1 Å². The first-order chi connectivity index (χ1) is 6.77. The molecule has 0 saturated carbocycles. The average Bonchev–Trinajstić information content (AvgIpc) is 2.64. The van der Waals surface area contributed by atoms with Crippen LogP contribution in [0.5, 0.6) is 11.6 Å². The van der Waals surface area contributed by atoms with Gasteiger partial charge in [-0.05, 0) is 25.0 Å². The molecule has 0 spiro atoms. The van der Waals surface area contributed by atoms with E-state index in [0.717, 1.165) is 16.9 Å². The Hall–Kier alpha value is -1.77. The number of hydrogen-bond donors (Lipinski definition) is 0. The van der Waals surface area contributed by atoms with Crippen LogP contribution in [0.4, 0.5) is 0 Å². The molecule has 0 aliphatic carbocycles. The van der Waals surface area contributed by atoms with E-state index >= 15 is 0 Å². The summed E-state index contributed by atoms with van der Waals surface area (Å²) in [4.78, 5) is 3.78. The van der Waals surface area contributed by atoms with Crippen molar-refractivity contribution < 1.29 is 9.15 Å². The van der Waals surface area contributed by atoms with Crippen molar-refractivity contribution in [2.75, 3.05) is 0 Å². The third kappa shape index (κ3) is 1.62. The molecule has 0 saturated heterocycles. The molecule has 1 aromatic heterocycles. The van der Waals surface area contributed by atoms with Gasteiger partial charge in [0, 0.05) is 0 Å². The summed E-state index contributed by atoms with van der Waals surface area (Å²) in [5.41, 5.74) is 2.15. The minimum atomic E-state index is 0.433. The third-order valence-electron chi connectivity index (χ3n) is 1.98. The van der Waals surface area contributed by atoms with Gasteiger partial charge in [-0.25, -0.2) is 0 Å². The standard InChI is InChI=1S/C11H10NO2/c1-8-4-3-5-9(2)11(8)14-10-6-13-7-12-10/h3-6H,1-2H3. The van der Waals surface area contributed by atoms with E-state index in [1.165, 1.54) is 6.26 Å². The highest BCUT2D eigenvalue weighted by atomic mass is 16.5. The average molecular weight is 188 g/mol. The molecule has 1 heterocycles. The number of oxazole rings is 1. The van der Waals surface area contributed by atoms with Crippen LogP contribution >= 0.6 is 0 Å². The second-order valence-corrected chi connectivity index (χ2v) is 3.10. The van der Waals surface area contributed by atoms with Gasteiger partial charge in [0.15, 0.2) is 6.26 Å². The smallest absolute Gasteiger partial charge is 0.287 e. The Balaban J connectivity index is 2.33. The maximum atomic E-state index is 5.54. The van der Waals surface area contributed by atoms with Crippen molar-refractivity contribution >= 4 is 0 Å². The van der Waals surface area contributed by atoms with Crippen molar-refractivity contribution in [3.63, 3.8) is 0 Å². The molecular formula is C11H10NO2. The van der Waals surface area contributed by atoms with Crippen LogP contribution in [0.3, 0.4) is 0 Å². The van der Waals surface area contributed by atoms with E-state index < -0.39 is 0 Å². The molecule has 3 heteroatoms. The number of aryl methyl sites for hydroxylation is 2. The number of ether oxygens (including phenoxy) is 1. The Morgan fingerprint density at radius 2 is 2.00 bits per heavy atom. The highest BCUT2D eigenvalue weighted by molar-refractivity contribution is 5.41. The summed E-state index contributed by atoms with van der Waals surface area (Å²) in [5, 5.41) is 0. The topological polar surface area (TPSA) is 35.3 Å². The predicted molar refractivity (Wildman–Crippen MR) is 51.3 cm³/mol. The summed E-state index contributed by atoms with van der Waals surface area (Å²) in [6, 6.07) is 5.98. The van der Waals surface area contributed by atoms with Crippen molar-refractivity contribution in [1.82, 2.24) is 4.98 Å². The fourth-order valence-corrected chi connectivity index (χ4v) is 1.29. The maximum Gasteiger partial charge on any atom is 0.287 e. The van der Waals surface area contributed by atoms with Crippen LogP contribution in [-0.4, -0.2) is 4.98 Å². The Bertz CT molecular complexity index is 401. The number of benzene rings is 1. The number of rotatable bonds is 2. The molecule has 71 valence electrons. The highest BCUT2D eigenvalue weighted by Gasteiger charge is 2.06. The zero-order chi connectivity index (χ0) is 9.97. The predicted octanol–water partition coefficient (Wildman–Crippen LogP) is 2.88.